The van der Waals surface area contributed by atoms with Gasteiger partial charge >= 0.3 is 0 Å². The first kappa shape index (κ1) is 23.6. The van der Waals surface area contributed by atoms with E-state index in [9.17, 15) is 9.90 Å². The van der Waals surface area contributed by atoms with Gasteiger partial charge in [0.15, 0.2) is 11.5 Å². The van der Waals surface area contributed by atoms with Crippen LogP contribution >= 0.6 is 0 Å². The maximum atomic E-state index is 17.6. The number of aliphatic hydroxyl groups excluding tert-OH is 1. The van der Waals surface area contributed by atoms with Crippen LogP contribution in [0, 0.1) is 39.4 Å². The highest BCUT2D eigenvalue weighted by atomic mass is 19.1. The Kier molecular flexibility index (Phi) is 5.33. The third kappa shape index (κ3) is 2.60. The van der Waals surface area contributed by atoms with Gasteiger partial charge in [-0.15, -0.1) is 0 Å². The summed E-state index contributed by atoms with van der Waals surface area (Å²) >= 11 is 0. The monoisotopic (exact) mass is 436 g/mol. The van der Waals surface area contributed by atoms with Crippen LogP contribution in [-0.2, 0) is 4.79 Å². The summed E-state index contributed by atoms with van der Waals surface area (Å²) in [7, 11) is 3.92. The van der Waals surface area contributed by atoms with Crippen molar-refractivity contribution in [1.82, 2.24) is 10.6 Å². The maximum Gasteiger partial charge on any atom is 0.177 e. The summed E-state index contributed by atoms with van der Waals surface area (Å²) in [5.74, 6) is -0.385. The molecule has 0 heterocycles. The number of halogens is 1. The summed E-state index contributed by atoms with van der Waals surface area (Å²) in [4.78, 5) is 13.9. The second kappa shape index (κ2) is 6.99. The third-order valence-corrected chi connectivity index (χ3v) is 11.7. The van der Waals surface area contributed by atoms with Gasteiger partial charge in [0, 0.05) is 35.8 Å². The van der Waals surface area contributed by atoms with Crippen LogP contribution in [-0.4, -0.2) is 48.8 Å². The van der Waals surface area contributed by atoms with Gasteiger partial charge < -0.3 is 15.7 Å². The highest BCUT2D eigenvalue weighted by molar-refractivity contribution is 5.91. The first-order chi connectivity index (χ1) is 14.3. The van der Waals surface area contributed by atoms with Crippen molar-refractivity contribution >= 4 is 5.78 Å². The number of carbonyl (C=O) groups excluding carboxylic acids is 1. The van der Waals surface area contributed by atoms with Gasteiger partial charge in [0.25, 0.3) is 0 Å². The molecule has 4 fully saturated rings. The number of Topliss-reactive ketones (excluding diaryl/α,β-unsaturated/α-hetero) is 1. The van der Waals surface area contributed by atoms with Crippen LogP contribution in [0.4, 0.5) is 4.39 Å². The highest BCUT2D eigenvalue weighted by Crippen LogP contribution is 2.75. The van der Waals surface area contributed by atoms with Gasteiger partial charge in [0.05, 0.1) is 6.10 Å². The molecule has 0 aromatic heterocycles. The molecule has 0 amide bonds. The molecular formula is C26H45FN2O2. The molecule has 0 saturated heterocycles. The number of aliphatic hydroxyl groups is 1. The summed E-state index contributed by atoms with van der Waals surface area (Å²) in [5.41, 5.74) is -3.30. The number of hydrogen-bond donors (Lipinski definition) is 3. The van der Waals surface area contributed by atoms with E-state index < -0.39 is 22.6 Å². The molecule has 5 heteroatoms. The molecule has 4 nitrogen and oxygen atoms in total. The van der Waals surface area contributed by atoms with Gasteiger partial charge in [-0.3, -0.25) is 4.79 Å². The Morgan fingerprint density at radius 2 is 1.61 bits per heavy atom. The number of ketones is 1. The fraction of sp³-hybridized carbons (Fsp3) is 0.962. The molecule has 4 aliphatic rings. The number of rotatable bonds is 3. The van der Waals surface area contributed by atoms with Crippen molar-refractivity contribution in [2.75, 3.05) is 14.1 Å². The summed E-state index contributed by atoms with van der Waals surface area (Å²) in [6, 6.07) is 0.429. The molecule has 178 valence electrons. The number of hydrogen-bond acceptors (Lipinski definition) is 4. The van der Waals surface area contributed by atoms with Crippen molar-refractivity contribution in [3.8, 4) is 0 Å². The zero-order valence-corrected chi connectivity index (χ0v) is 20.9. The molecule has 0 aromatic carbocycles. The lowest BCUT2D eigenvalue weighted by Crippen LogP contribution is -2.73. The number of carbonyl (C=O) groups is 1. The molecular weight excluding hydrogens is 391 g/mol. The van der Waals surface area contributed by atoms with Gasteiger partial charge in [-0.1, -0.05) is 34.6 Å². The zero-order valence-electron chi connectivity index (χ0n) is 20.9. The van der Waals surface area contributed by atoms with Gasteiger partial charge in [-0.25, -0.2) is 4.39 Å². The third-order valence-electron chi connectivity index (χ3n) is 11.7. The summed E-state index contributed by atoms with van der Waals surface area (Å²) in [6.07, 6.45) is 3.67. The minimum Gasteiger partial charge on any atom is -0.393 e. The molecule has 10 unspecified atom stereocenters. The number of fused-ring (bicyclic) bond motifs is 5. The zero-order chi connectivity index (χ0) is 23.2. The topological polar surface area (TPSA) is 61.4 Å². The molecule has 0 aliphatic heterocycles. The van der Waals surface area contributed by atoms with Gasteiger partial charge in [0.1, 0.15) is 0 Å². The largest absolute Gasteiger partial charge is 0.393 e. The van der Waals surface area contributed by atoms with Crippen LogP contribution < -0.4 is 10.6 Å². The van der Waals surface area contributed by atoms with Crippen LogP contribution in [0.15, 0.2) is 0 Å². The Balaban J connectivity index is 1.82. The van der Waals surface area contributed by atoms with E-state index >= 15 is 4.39 Å². The average molecular weight is 437 g/mol. The Hall–Kier alpha value is -0.520. The van der Waals surface area contributed by atoms with Crippen molar-refractivity contribution in [2.45, 2.75) is 104 Å². The fourth-order valence-electron chi connectivity index (χ4n) is 9.88. The second-order valence-corrected chi connectivity index (χ2v) is 12.8. The molecule has 0 aromatic rings. The minimum absolute atomic E-state index is 0.0435. The average Bonchev–Trinajstić information content (AvgIpc) is 2.88. The van der Waals surface area contributed by atoms with E-state index in [0.29, 0.717) is 12.5 Å². The minimum atomic E-state index is -1.81. The number of nitrogens with one attached hydrogen (secondary N) is 2. The van der Waals surface area contributed by atoms with E-state index in [1.165, 1.54) is 0 Å². The lowest BCUT2D eigenvalue weighted by atomic mass is 9.36. The quantitative estimate of drug-likeness (QED) is 0.623. The van der Waals surface area contributed by atoms with E-state index in [0.717, 1.165) is 25.7 Å². The van der Waals surface area contributed by atoms with Gasteiger partial charge in [-0.05, 0) is 75.3 Å². The van der Waals surface area contributed by atoms with E-state index in [-0.39, 0.29) is 46.8 Å². The Bertz CT molecular complexity index is 758. The van der Waals surface area contributed by atoms with E-state index in [1.54, 1.807) is 0 Å². The standard InChI is InChI=1S/C26H45FN2O2/c1-15(28-7)21-16(30)13-24(5)18-10-9-17-22(2,3)19(29-8)11-12-23(17,4)26(18,27)20(31)14-25(21,24)6/h15-19,21,28-30H,9-14H2,1-8H3. The van der Waals surface area contributed by atoms with E-state index in [4.69, 9.17) is 0 Å². The molecule has 10 atom stereocenters. The van der Waals surface area contributed by atoms with Crippen LogP contribution in [0.3, 0.4) is 0 Å². The van der Waals surface area contributed by atoms with Crippen LogP contribution in [0.5, 0.6) is 0 Å². The SMILES string of the molecule is CNC(C)C1C(O)CC2(C)C3CCC4C(C)(C)C(NC)CCC4(C)C3(F)C(=O)CC12C. The van der Waals surface area contributed by atoms with Crippen molar-refractivity contribution in [2.24, 2.45) is 39.4 Å². The maximum absolute atomic E-state index is 17.6. The molecule has 0 bridgehead atoms. The van der Waals surface area contributed by atoms with Gasteiger partial charge in [0.2, 0.25) is 0 Å². The van der Waals surface area contributed by atoms with Crippen LogP contribution in [0.2, 0.25) is 0 Å². The van der Waals surface area contributed by atoms with Gasteiger partial charge in [-0.2, -0.15) is 0 Å². The lowest BCUT2D eigenvalue weighted by molar-refractivity contribution is -0.232. The predicted molar refractivity (Wildman–Crippen MR) is 122 cm³/mol. The molecule has 4 rings (SSSR count). The molecule has 0 spiro atoms. The molecule has 0 radical (unpaired) electrons. The number of alkyl halides is 1. The Morgan fingerprint density at radius 1 is 1.00 bits per heavy atom. The summed E-state index contributed by atoms with van der Waals surface area (Å²) < 4.78 is 17.6. The fourth-order valence-corrected chi connectivity index (χ4v) is 9.88. The van der Waals surface area contributed by atoms with E-state index in [2.05, 4.69) is 52.2 Å². The predicted octanol–water partition coefficient (Wildman–Crippen LogP) is 4.11. The van der Waals surface area contributed by atoms with E-state index in [1.807, 2.05) is 14.1 Å². The molecule has 31 heavy (non-hydrogen) atoms. The summed E-state index contributed by atoms with van der Waals surface area (Å²) in [6.45, 7) is 13.1. The van der Waals surface area contributed by atoms with Crippen molar-refractivity contribution in [3.05, 3.63) is 0 Å². The summed E-state index contributed by atoms with van der Waals surface area (Å²) in [5, 5.41) is 18.0. The Labute approximate surface area is 188 Å². The first-order valence-corrected chi connectivity index (χ1v) is 12.5. The van der Waals surface area contributed by atoms with Crippen molar-refractivity contribution in [1.29, 1.82) is 0 Å². The molecule has 3 N–H and O–H groups in total. The van der Waals surface area contributed by atoms with Crippen molar-refractivity contribution in [3.63, 3.8) is 0 Å². The normalized spacial score (nSPS) is 54.6. The molecule has 4 aliphatic carbocycles. The van der Waals surface area contributed by atoms with Crippen LogP contribution in [0.25, 0.3) is 0 Å². The highest BCUT2D eigenvalue weighted by Gasteiger charge is 2.78. The van der Waals surface area contributed by atoms with Crippen LogP contribution in [0.1, 0.15) is 80.1 Å². The molecule has 4 saturated carbocycles. The lowest BCUT2D eigenvalue weighted by Gasteiger charge is -2.69. The first-order valence-electron chi connectivity index (χ1n) is 12.5. The smallest absolute Gasteiger partial charge is 0.177 e. The Morgan fingerprint density at radius 3 is 2.19 bits per heavy atom. The van der Waals surface area contributed by atoms with Crippen molar-refractivity contribution < 1.29 is 14.3 Å². The second-order valence-electron chi connectivity index (χ2n) is 12.8.